The van der Waals surface area contributed by atoms with Gasteiger partial charge in [0, 0.05) is 16.8 Å². The second kappa shape index (κ2) is 4.57. The Morgan fingerprint density at radius 3 is 3.05 bits per heavy atom. The van der Waals surface area contributed by atoms with Crippen LogP contribution in [-0.2, 0) is 6.42 Å². The summed E-state index contributed by atoms with van der Waals surface area (Å²) in [5.41, 5.74) is 8.97. The molecule has 0 amide bonds. The number of anilines is 2. The van der Waals surface area contributed by atoms with Crippen LogP contribution in [0.2, 0.25) is 0 Å². The zero-order valence-electron chi connectivity index (χ0n) is 11.3. The minimum absolute atomic E-state index is 0.255. The summed E-state index contributed by atoms with van der Waals surface area (Å²) in [7, 11) is 0. The SMILES string of the molecule is N#Cc1c(N)sc2c1CCC1=NN(c3ccccn3)CC12. The lowest BCUT2D eigenvalue weighted by molar-refractivity contribution is 0.816. The Morgan fingerprint density at radius 1 is 1.38 bits per heavy atom. The van der Waals surface area contributed by atoms with E-state index in [1.807, 2.05) is 23.2 Å². The largest absolute Gasteiger partial charge is 0.389 e. The van der Waals surface area contributed by atoms with Crippen molar-refractivity contribution in [1.29, 1.82) is 5.26 Å². The van der Waals surface area contributed by atoms with E-state index in [1.54, 1.807) is 17.5 Å². The standard InChI is InChI=1S/C15H13N5S/c16-7-10-9-4-5-12-11(14(9)21-15(10)17)8-20(19-12)13-3-1-2-6-18-13/h1-3,6,11H,4-5,8,17H2. The topological polar surface area (TPSA) is 78.3 Å². The molecule has 1 aliphatic carbocycles. The fourth-order valence-corrected chi connectivity index (χ4v) is 4.25. The van der Waals surface area contributed by atoms with Gasteiger partial charge < -0.3 is 5.73 Å². The van der Waals surface area contributed by atoms with Gasteiger partial charge in [0.15, 0.2) is 0 Å². The van der Waals surface area contributed by atoms with E-state index in [4.69, 9.17) is 10.8 Å². The highest BCUT2D eigenvalue weighted by atomic mass is 32.1. The number of aromatic nitrogens is 1. The summed E-state index contributed by atoms with van der Waals surface area (Å²) in [5, 5.41) is 16.6. The summed E-state index contributed by atoms with van der Waals surface area (Å²) in [6, 6.07) is 8.07. The highest BCUT2D eigenvalue weighted by molar-refractivity contribution is 7.16. The third-order valence-electron chi connectivity index (χ3n) is 4.05. The van der Waals surface area contributed by atoms with Crippen molar-refractivity contribution in [3.8, 4) is 6.07 Å². The van der Waals surface area contributed by atoms with Crippen molar-refractivity contribution in [1.82, 2.24) is 4.98 Å². The first kappa shape index (κ1) is 12.4. The lowest BCUT2D eigenvalue weighted by Gasteiger charge is -2.19. The molecule has 1 unspecified atom stereocenters. The first-order valence-electron chi connectivity index (χ1n) is 6.85. The van der Waals surface area contributed by atoms with Crippen LogP contribution in [0, 0.1) is 11.3 Å². The molecule has 2 N–H and O–H groups in total. The van der Waals surface area contributed by atoms with Gasteiger partial charge in [0.25, 0.3) is 0 Å². The van der Waals surface area contributed by atoms with Gasteiger partial charge in [-0.05, 0) is 30.5 Å². The van der Waals surface area contributed by atoms with E-state index in [9.17, 15) is 5.26 Å². The molecule has 2 aliphatic rings. The molecule has 2 aromatic rings. The highest BCUT2D eigenvalue weighted by Gasteiger charge is 2.36. The molecule has 0 spiro atoms. The van der Waals surface area contributed by atoms with Crippen LogP contribution in [0.3, 0.4) is 0 Å². The van der Waals surface area contributed by atoms with E-state index in [-0.39, 0.29) is 5.92 Å². The molecule has 0 radical (unpaired) electrons. The maximum absolute atomic E-state index is 9.26. The van der Waals surface area contributed by atoms with Gasteiger partial charge in [0.1, 0.15) is 16.9 Å². The van der Waals surface area contributed by atoms with Crippen molar-refractivity contribution in [2.45, 2.75) is 18.8 Å². The van der Waals surface area contributed by atoms with Crippen LogP contribution in [0.4, 0.5) is 10.8 Å². The van der Waals surface area contributed by atoms with Crippen LogP contribution < -0.4 is 10.7 Å². The number of nitriles is 1. The molecule has 0 bridgehead atoms. The Bertz CT molecular complexity index is 771. The van der Waals surface area contributed by atoms with Crippen molar-refractivity contribution >= 4 is 27.9 Å². The summed E-state index contributed by atoms with van der Waals surface area (Å²) >= 11 is 1.54. The predicted molar refractivity (Wildman–Crippen MR) is 83.5 cm³/mol. The van der Waals surface area contributed by atoms with Gasteiger partial charge in [-0.15, -0.1) is 11.3 Å². The number of thiophene rings is 1. The van der Waals surface area contributed by atoms with Crippen molar-refractivity contribution in [2.24, 2.45) is 5.10 Å². The molecule has 2 aromatic heterocycles. The molecule has 0 saturated carbocycles. The van der Waals surface area contributed by atoms with E-state index in [1.165, 1.54) is 10.6 Å². The molecule has 0 saturated heterocycles. The predicted octanol–water partition coefficient (Wildman–Crippen LogP) is 2.50. The van der Waals surface area contributed by atoms with Gasteiger partial charge in [0.2, 0.25) is 0 Å². The van der Waals surface area contributed by atoms with E-state index in [2.05, 4.69) is 11.1 Å². The first-order valence-corrected chi connectivity index (χ1v) is 7.66. The Kier molecular flexibility index (Phi) is 2.69. The lowest BCUT2D eigenvalue weighted by atomic mass is 9.86. The van der Waals surface area contributed by atoms with E-state index < -0.39 is 0 Å². The van der Waals surface area contributed by atoms with Gasteiger partial charge >= 0.3 is 0 Å². The van der Waals surface area contributed by atoms with Gasteiger partial charge in [-0.2, -0.15) is 10.4 Å². The number of rotatable bonds is 1. The molecule has 4 rings (SSSR count). The molecule has 1 atom stereocenters. The Hall–Kier alpha value is -2.39. The van der Waals surface area contributed by atoms with Crippen molar-refractivity contribution in [2.75, 3.05) is 17.3 Å². The molecule has 0 fully saturated rings. The quantitative estimate of drug-likeness (QED) is 0.876. The van der Waals surface area contributed by atoms with E-state index in [0.717, 1.165) is 30.8 Å². The van der Waals surface area contributed by atoms with Crippen LogP contribution in [0.25, 0.3) is 0 Å². The van der Waals surface area contributed by atoms with Gasteiger partial charge in [0.05, 0.1) is 18.0 Å². The Morgan fingerprint density at radius 2 is 2.29 bits per heavy atom. The molecule has 21 heavy (non-hydrogen) atoms. The molecule has 1 aliphatic heterocycles. The summed E-state index contributed by atoms with van der Waals surface area (Å²) in [4.78, 5) is 5.57. The minimum atomic E-state index is 0.255. The van der Waals surface area contributed by atoms with Crippen LogP contribution >= 0.6 is 11.3 Å². The van der Waals surface area contributed by atoms with Crippen molar-refractivity contribution < 1.29 is 0 Å². The molecule has 6 heteroatoms. The zero-order valence-corrected chi connectivity index (χ0v) is 12.1. The average Bonchev–Trinajstić information content (AvgIpc) is 3.08. The maximum Gasteiger partial charge on any atom is 0.148 e. The third kappa shape index (κ3) is 1.82. The number of nitrogens with two attached hydrogens (primary N) is 1. The van der Waals surface area contributed by atoms with Crippen molar-refractivity contribution in [3.05, 3.63) is 40.4 Å². The second-order valence-electron chi connectivity index (χ2n) is 5.21. The Labute approximate surface area is 126 Å². The maximum atomic E-state index is 9.26. The Balaban J connectivity index is 1.72. The summed E-state index contributed by atoms with van der Waals surface area (Å²) in [5.74, 6) is 1.12. The smallest absolute Gasteiger partial charge is 0.148 e. The summed E-state index contributed by atoms with van der Waals surface area (Å²) < 4.78 is 0. The summed E-state index contributed by atoms with van der Waals surface area (Å²) in [6.45, 7) is 0.782. The summed E-state index contributed by atoms with van der Waals surface area (Å²) in [6.07, 6.45) is 3.53. The monoisotopic (exact) mass is 295 g/mol. The van der Waals surface area contributed by atoms with Crippen LogP contribution in [0.5, 0.6) is 0 Å². The third-order valence-corrected chi connectivity index (χ3v) is 5.22. The number of fused-ring (bicyclic) bond motifs is 3. The van der Waals surface area contributed by atoms with Gasteiger partial charge in [-0.3, -0.25) is 0 Å². The van der Waals surface area contributed by atoms with Gasteiger partial charge in [-0.25, -0.2) is 9.99 Å². The molecular weight excluding hydrogens is 282 g/mol. The average molecular weight is 295 g/mol. The van der Waals surface area contributed by atoms with Crippen LogP contribution in [0.15, 0.2) is 29.5 Å². The fourth-order valence-electron chi connectivity index (χ4n) is 3.06. The zero-order chi connectivity index (χ0) is 14.4. The lowest BCUT2D eigenvalue weighted by Crippen LogP contribution is -2.21. The van der Waals surface area contributed by atoms with Crippen molar-refractivity contribution in [3.63, 3.8) is 0 Å². The number of hydrogen-bond acceptors (Lipinski definition) is 6. The van der Waals surface area contributed by atoms with Gasteiger partial charge in [-0.1, -0.05) is 6.07 Å². The fraction of sp³-hybridized carbons (Fsp3) is 0.267. The number of hydrogen-bond donors (Lipinski definition) is 1. The van der Waals surface area contributed by atoms with E-state index in [0.29, 0.717) is 10.6 Å². The normalized spacial score (nSPS) is 19.7. The number of nitrogens with zero attached hydrogens (tertiary/aromatic N) is 4. The number of pyridine rings is 1. The minimum Gasteiger partial charge on any atom is -0.389 e. The molecule has 104 valence electrons. The molecule has 3 heterocycles. The molecular formula is C15H13N5S. The number of hydrazone groups is 1. The highest BCUT2D eigenvalue weighted by Crippen LogP contribution is 2.43. The van der Waals surface area contributed by atoms with Crippen LogP contribution in [0.1, 0.15) is 28.3 Å². The first-order chi connectivity index (χ1) is 10.3. The molecule has 0 aromatic carbocycles. The molecule has 5 nitrogen and oxygen atoms in total. The number of nitrogen functional groups attached to an aromatic ring is 1. The van der Waals surface area contributed by atoms with Crippen LogP contribution in [-0.4, -0.2) is 17.2 Å². The van der Waals surface area contributed by atoms with E-state index >= 15 is 0 Å². The second-order valence-corrected chi connectivity index (χ2v) is 6.29.